The van der Waals surface area contributed by atoms with Gasteiger partial charge in [0.15, 0.2) is 0 Å². The largest absolute Gasteiger partial charge is 0.481 e. The second kappa shape index (κ2) is 9.63. The highest BCUT2D eigenvalue weighted by atomic mass is 35.5. The zero-order valence-electron chi connectivity index (χ0n) is 17.1. The molecule has 0 fully saturated rings. The molecule has 1 atom stereocenters. The summed E-state index contributed by atoms with van der Waals surface area (Å²) in [6, 6.07) is 20.5. The average molecular weight is 470 g/mol. The van der Waals surface area contributed by atoms with Gasteiger partial charge in [-0.1, -0.05) is 77.8 Å². The molecule has 3 aromatic rings. The van der Waals surface area contributed by atoms with Crippen molar-refractivity contribution in [2.24, 2.45) is 0 Å². The Morgan fingerprint density at radius 3 is 2.16 bits per heavy atom. The Morgan fingerprint density at radius 2 is 1.56 bits per heavy atom. The number of halogens is 2. The number of carbonyl (C=O) groups excluding carboxylic acids is 1. The minimum absolute atomic E-state index is 0.0684. The van der Waals surface area contributed by atoms with E-state index < -0.39 is 18.1 Å². The maximum atomic E-state index is 12.6. The molecule has 0 saturated carbocycles. The lowest BCUT2D eigenvalue weighted by molar-refractivity contribution is -0.137. The minimum atomic E-state index is -1.02. The maximum absolute atomic E-state index is 12.6. The third-order valence-corrected chi connectivity index (χ3v) is 6.29. The summed E-state index contributed by atoms with van der Waals surface area (Å²) in [6.45, 7) is 0.159. The quantitative estimate of drug-likeness (QED) is 0.450. The van der Waals surface area contributed by atoms with Crippen molar-refractivity contribution >= 4 is 35.3 Å². The maximum Gasteiger partial charge on any atom is 0.407 e. The van der Waals surface area contributed by atoms with Crippen LogP contribution in [0.15, 0.2) is 66.7 Å². The molecule has 0 bridgehead atoms. The molecule has 1 aliphatic carbocycles. The molecule has 0 unspecified atom stereocenters. The molecule has 5 nitrogen and oxygen atoms in total. The Hall–Kier alpha value is -3.02. The van der Waals surface area contributed by atoms with Crippen LogP contribution in [0, 0.1) is 0 Å². The Kier molecular flexibility index (Phi) is 6.68. The van der Waals surface area contributed by atoms with Crippen LogP contribution in [-0.2, 0) is 16.0 Å². The van der Waals surface area contributed by atoms with Gasteiger partial charge in [-0.15, -0.1) is 0 Å². The predicted molar refractivity (Wildman–Crippen MR) is 124 cm³/mol. The first kappa shape index (κ1) is 22.2. The monoisotopic (exact) mass is 469 g/mol. The SMILES string of the molecule is O=C(O)C[C@H](Cc1ccc(Cl)c(Cl)c1)NC(=O)OCC1c2ccccc2-c2ccccc21. The van der Waals surface area contributed by atoms with Gasteiger partial charge in [0.1, 0.15) is 6.61 Å². The normalized spacial score (nSPS) is 13.2. The summed E-state index contributed by atoms with van der Waals surface area (Å²) in [5, 5.41) is 12.7. The molecule has 164 valence electrons. The van der Waals surface area contributed by atoms with Crippen molar-refractivity contribution in [3.05, 3.63) is 93.5 Å². The van der Waals surface area contributed by atoms with Crippen LogP contribution in [-0.4, -0.2) is 29.8 Å². The molecule has 32 heavy (non-hydrogen) atoms. The van der Waals surface area contributed by atoms with Gasteiger partial charge >= 0.3 is 12.1 Å². The highest BCUT2D eigenvalue weighted by Crippen LogP contribution is 2.44. The molecule has 0 heterocycles. The predicted octanol–water partition coefficient (Wildman–Crippen LogP) is 5.92. The number of aliphatic carboxylic acids is 1. The summed E-state index contributed by atoms with van der Waals surface area (Å²) >= 11 is 12.0. The smallest absolute Gasteiger partial charge is 0.407 e. The van der Waals surface area contributed by atoms with Gasteiger partial charge in [0, 0.05) is 12.0 Å². The zero-order valence-corrected chi connectivity index (χ0v) is 18.6. The van der Waals surface area contributed by atoms with Gasteiger partial charge in [0.25, 0.3) is 0 Å². The van der Waals surface area contributed by atoms with Gasteiger partial charge in [-0.3, -0.25) is 4.79 Å². The fourth-order valence-corrected chi connectivity index (χ4v) is 4.46. The summed E-state index contributed by atoms with van der Waals surface area (Å²) in [5.41, 5.74) is 5.27. The lowest BCUT2D eigenvalue weighted by Crippen LogP contribution is -2.39. The minimum Gasteiger partial charge on any atom is -0.481 e. The van der Waals surface area contributed by atoms with Crippen LogP contribution < -0.4 is 5.32 Å². The number of fused-ring (bicyclic) bond motifs is 3. The van der Waals surface area contributed by atoms with E-state index in [1.54, 1.807) is 18.2 Å². The molecule has 0 aromatic heterocycles. The van der Waals surface area contributed by atoms with Crippen molar-refractivity contribution in [3.8, 4) is 11.1 Å². The van der Waals surface area contributed by atoms with E-state index in [2.05, 4.69) is 17.4 Å². The second-order valence-corrected chi connectivity index (χ2v) is 8.53. The number of carboxylic acids is 1. The molecule has 0 aliphatic heterocycles. The van der Waals surface area contributed by atoms with Gasteiger partial charge in [0.2, 0.25) is 0 Å². The Morgan fingerprint density at radius 1 is 0.938 bits per heavy atom. The van der Waals surface area contributed by atoms with Gasteiger partial charge in [-0.25, -0.2) is 4.79 Å². The van der Waals surface area contributed by atoms with E-state index in [-0.39, 0.29) is 25.4 Å². The lowest BCUT2D eigenvalue weighted by atomic mass is 9.98. The average Bonchev–Trinajstić information content (AvgIpc) is 3.08. The van der Waals surface area contributed by atoms with E-state index in [0.29, 0.717) is 10.0 Å². The number of benzene rings is 3. The number of alkyl carbamates (subject to hydrolysis) is 1. The summed E-state index contributed by atoms with van der Waals surface area (Å²) < 4.78 is 5.54. The molecular weight excluding hydrogens is 449 g/mol. The van der Waals surface area contributed by atoms with Crippen molar-refractivity contribution in [3.63, 3.8) is 0 Å². The molecule has 4 rings (SSSR count). The molecule has 0 radical (unpaired) electrons. The number of rotatable bonds is 7. The van der Waals surface area contributed by atoms with Crippen molar-refractivity contribution in [1.29, 1.82) is 0 Å². The number of nitrogens with one attached hydrogen (secondary N) is 1. The number of hydrogen-bond acceptors (Lipinski definition) is 3. The number of carbonyl (C=O) groups is 2. The van der Waals surface area contributed by atoms with Crippen molar-refractivity contribution in [1.82, 2.24) is 5.32 Å². The molecule has 3 aromatic carbocycles. The van der Waals surface area contributed by atoms with E-state index in [4.69, 9.17) is 27.9 Å². The highest BCUT2D eigenvalue weighted by molar-refractivity contribution is 6.42. The van der Waals surface area contributed by atoms with E-state index in [0.717, 1.165) is 27.8 Å². The molecule has 2 N–H and O–H groups in total. The summed E-state index contributed by atoms with van der Waals surface area (Å²) in [4.78, 5) is 23.9. The fraction of sp³-hybridized carbons (Fsp3) is 0.200. The second-order valence-electron chi connectivity index (χ2n) is 7.72. The van der Waals surface area contributed by atoms with Crippen LogP contribution in [0.1, 0.15) is 29.0 Å². The number of carboxylic acid groups (broad SMARTS) is 1. The van der Waals surface area contributed by atoms with Crippen LogP contribution in [0.3, 0.4) is 0 Å². The van der Waals surface area contributed by atoms with Gasteiger partial charge < -0.3 is 15.2 Å². The van der Waals surface area contributed by atoms with E-state index in [1.807, 2.05) is 36.4 Å². The Balaban J connectivity index is 1.43. The number of amides is 1. The third-order valence-electron chi connectivity index (χ3n) is 5.55. The zero-order chi connectivity index (χ0) is 22.7. The van der Waals surface area contributed by atoms with Crippen molar-refractivity contribution in [2.45, 2.75) is 24.8 Å². The van der Waals surface area contributed by atoms with Crippen LogP contribution >= 0.6 is 23.2 Å². The molecule has 1 amide bonds. The van der Waals surface area contributed by atoms with Crippen LogP contribution in [0.4, 0.5) is 4.79 Å². The van der Waals surface area contributed by atoms with E-state index in [1.165, 1.54) is 0 Å². The van der Waals surface area contributed by atoms with Gasteiger partial charge in [-0.05, 0) is 46.4 Å². The number of hydrogen-bond donors (Lipinski definition) is 2. The molecule has 0 spiro atoms. The molecular formula is C25H21Cl2NO4. The molecule has 1 aliphatic rings. The first-order valence-corrected chi connectivity index (χ1v) is 10.9. The Labute approximate surface area is 195 Å². The first-order valence-electron chi connectivity index (χ1n) is 10.2. The highest BCUT2D eigenvalue weighted by Gasteiger charge is 2.29. The third kappa shape index (κ3) is 4.90. The van der Waals surface area contributed by atoms with E-state index >= 15 is 0 Å². The lowest BCUT2D eigenvalue weighted by Gasteiger charge is -2.19. The van der Waals surface area contributed by atoms with Crippen LogP contribution in [0.25, 0.3) is 11.1 Å². The van der Waals surface area contributed by atoms with Crippen molar-refractivity contribution in [2.75, 3.05) is 6.61 Å². The Bertz CT molecular complexity index is 1120. The fourth-order valence-electron chi connectivity index (χ4n) is 4.14. The topological polar surface area (TPSA) is 75.6 Å². The van der Waals surface area contributed by atoms with Gasteiger partial charge in [0.05, 0.1) is 16.5 Å². The van der Waals surface area contributed by atoms with E-state index in [9.17, 15) is 14.7 Å². The van der Waals surface area contributed by atoms with Crippen LogP contribution in [0.5, 0.6) is 0 Å². The molecule has 7 heteroatoms. The van der Waals surface area contributed by atoms with Crippen LogP contribution in [0.2, 0.25) is 10.0 Å². The summed E-state index contributed by atoms with van der Waals surface area (Å²) in [6.07, 6.45) is -0.615. The van der Waals surface area contributed by atoms with Gasteiger partial charge in [-0.2, -0.15) is 0 Å². The standard InChI is InChI=1S/C25H21Cl2NO4/c26-22-10-9-15(12-23(22)27)11-16(13-24(29)30)28-25(31)32-14-21-19-7-3-1-5-17(19)18-6-2-4-8-20(18)21/h1-10,12,16,21H,11,13-14H2,(H,28,31)(H,29,30)/t16-/m0/s1. The first-order chi connectivity index (χ1) is 15.4. The summed E-state index contributed by atoms with van der Waals surface area (Å²) in [7, 11) is 0. The summed E-state index contributed by atoms with van der Waals surface area (Å²) in [5.74, 6) is -1.09. The molecule has 0 saturated heterocycles. The van der Waals surface area contributed by atoms with Crippen molar-refractivity contribution < 1.29 is 19.4 Å². The number of ether oxygens (including phenoxy) is 1.